The van der Waals surface area contributed by atoms with Crippen LogP contribution in [0.1, 0.15) is 32.1 Å². The van der Waals surface area contributed by atoms with Gasteiger partial charge in [0.1, 0.15) is 5.78 Å². The molecule has 18 heavy (non-hydrogen) atoms. The van der Waals surface area contributed by atoms with Crippen molar-refractivity contribution in [1.82, 2.24) is 4.31 Å². The summed E-state index contributed by atoms with van der Waals surface area (Å²) in [4.78, 5) is 22.1. The molecule has 0 saturated heterocycles. The Morgan fingerprint density at radius 1 is 1.39 bits per heavy atom. The molecule has 0 spiro atoms. The molecule has 0 bridgehead atoms. The van der Waals surface area contributed by atoms with Crippen LogP contribution >= 0.6 is 0 Å². The molecule has 1 aliphatic carbocycles. The van der Waals surface area contributed by atoms with Crippen LogP contribution in [0.25, 0.3) is 0 Å². The van der Waals surface area contributed by atoms with Crippen LogP contribution in [-0.4, -0.2) is 50.4 Å². The largest absolute Gasteiger partial charge is 0.469 e. The zero-order chi connectivity index (χ0) is 13.8. The van der Waals surface area contributed by atoms with Gasteiger partial charge in [-0.2, -0.15) is 0 Å². The van der Waals surface area contributed by atoms with Crippen molar-refractivity contribution in [2.45, 2.75) is 38.1 Å². The maximum Gasteiger partial charge on any atom is 0.306 e. The summed E-state index contributed by atoms with van der Waals surface area (Å²) >= 11 is 0. The zero-order valence-corrected chi connectivity index (χ0v) is 11.5. The molecule has 0 aromatic rings. The van der Waals surface area contributed by atoms with Gasteiger partial charge in [-0.25, -0.2) is 12.7 Å². The van der Waals surface area contributed by atoms with Crippen LogP contribution in [-0.2, 0) is 24.3 Å². The first-order valence-electron chi connectivity index (χ1n) is 5.91. The standard InChI is InChI=1S/C11H19NO5S/c1-12(9-3-5-10(13)6-4-9)18(15,16)8-7-11(14)17-2/h9H,3-8H2,1-2H3. The molecular weight excluding hydrogens is 258 g/mol. The zero-order valence-electron chi connectivity index (χ0n) is 10.7. The third kappa shape index (κ3) is 4.06. The molecule has 0 N–H and O–H groups in total. The van der Waals surface area contributed by atoms with Gasteiger partial charge < -0.3 is 4.74 Å². The maximum atomic E-state index is 12.0. The van der Waals surface area contributed by atoms with Gasteiger partial charge in [0.05, 0.1) is 19.3 Å². The van der Waals surface area contributed by atoms with E-state index >= 15 is 0 Å². The molecule has 0 aliphatic heterocycles. The predicted molar refractivity (Wildman–Crippen MR) is 65.4 cm³/mol. The van der Waals surface area contributed by atoms with E-state index in [4.69, 9.17) is 0 Å². The highest BCUT2D eigenvalue weighted by atomic mass is 32.2. The van der Waals surface area contributed by atoms with Crippen LogP contribution < -0.4 is 0 Å². The summed E-state index contributed by atoms with van der Waals surface area (Å²) in [7, 11) is -0.727. The quantitative estimate of drug-likeness (QED) is 0.676. The molecule has 0 atom stereocenters. The van der Waals surface area contributed by atoms with Gasteiger partial charge in [0.15, 0.2) is 0 Å². The van der Waals surface area contributed by atoms with Crippen molar-refractivity contribution < 1.29 is 22.7 Å². The van der Waals surface area contributed by atoms with E-state index in [-0.39, 0.29) is 24.0 Å². The second-order valence-corrected chi connectivity index (χ2v) is 6.58. The van der Waals surface area contributed by atoms with E-state index in [2.05, 4.69) is 4.74 Å². The van der Waals surface area contributed by atoms with E-state index in [1.807, 2.05) is 0 Å². The lowest BCUT2D eigenvalue weighted by atomic mass is 9.95. The second-order valence-electron chi connectivity index (χ2n) is 4.43. The molecule has 1 aliphatic rings. The van der Waals surface area contributed by atoms with Crippen molar-refractivity contribution in [3.05, 3.63) is 0 Å². The SMILES string of the molecule is COC(=O)CCS(=O)(=O)N(C)C1CCC(=O)CC1. The van der Waals surface area contributed by atoms with Crippen LogP contribution in [0.3, 0.4) is 0 Å². The number of carbonyl (C=O) groups is 2. The smallest absolute Gasteiger partial charge is 0.306 e. The van der Waals surface area contributed by atoms with E-state index < -0.39 is 16.0 Å². The molecular formula is C11H19NO5S. The molecule has 1 fully saturated rings. The first-order chi connectivity index (χ1) is 8.36. The molecule has 6 nitrogen and oxygen atoms in total. The fourth-order valence-electron chi connectivity index (χ4n) is 1.97. The van der Waals surface area contributed by atoms with E-state index in [0.29, 0.717) is 25.7 Å². The molecule has 0 heterocycles. The van der Waals surface area contributed by atoms with E-state index in [1.54, 1.807) is 0 Å². The summed E-state index contributed by atoms with van der Waals surface area (Å²) in [5.41, 5.74) is 0. The number of carbonyl (C=O) groups excluding carboxylic acids is 2. The summed E-state index contributed by atoms with van der Waals surface area (Å²) in [5.74, 6) is -0.599. The van der Waals surface area contributed by atoms with E-state index in [0.717, 1.165) is 0 Å². The van der Waals surface area contributed by atoms with Gasteiger partial charge in [-0.15, -0.1) is 0 Å². The minimum atomic E-state index is -3.46. The molecule has 104 valence electrons. The van der Waals surface area contributed by atoms with Gasteiger partial charge in [0.2, 0.25) is 10.0 Å². The first-order valence-corrected chi connectivity index (χ1v) is 7.52. The number of sulfonamides is 1. The van der Waals surface area contributed by atoms with Crippen LogP contribution in [0, 0.1) is 0 Å². The fourth-order valence-corrected chi connectivity index (χ4v) is 3.35. The van der Waals surface area contributed by atoms with Crippen LogP contribution in [0.5, 0.6) is 0 Å². The third-order valence-corrected chi connectivity index (χ3v) is 5.15. The van der Waals surface area contributed by atoms with Gasteiger partial charge in [0.25, 0.3) is 0 Å². The number of hydrogen-bond acceptors (Lipinski definition) is 5. The van der Waals surface area contributed by atoms with E-state index in [1.165, 1.54) is 18.5 Å². The molecule has 0 amide bonds. The minimum Gasteiger partial charge on any atom is -0.469 e. The van der Waals surface area contributed by atoms with Gasteiger partial charge >= 0.3 is 5.97 Å². The highest BCUT2D eigenvalue weighted by Gasteiger charge is 2.29. The Kier molecular flexibility index (Phi) is 5.28. The molecule has 0 aromatic heterocycles. The molecule has 0 aromatic carbocycles. The summed E-state index contributed by atoms with van der Waals surface area (Å²) in [5, 5.41) is 0. The van der Waals surface area contributed by atoms with Crippen LogP contribution in [0.15, 0.2) is 0 Å². The van der Waals surface area contributed by atoms with Crippen molar-refractivity contribution in [2.24, 2.45) is 0 Å². The average Bonchev–Trinajstić information content (AvgIpc) is 2.36. The Bertz CT molecular complexity index is 407. The number of Topliss-reactive ketones (excluding diaryl/α,β-unsaturated/α-hetero) is 1. The van der Waals surface area contributed by atoms with Crippen molar-refractivity contribution in [3.8, 4) is 0 Å². The lowest BCUT2D eigenvalue weighted by molar-refractivity contribution is -0.140. The summed E-state index contributed by atoms with van der Waals surface area (Å²) in [6.45, 7) is 0. The highest BCUT2D eigenvalue weighted by molar-refractivity contribution is 7.89. The molecule has 1 rings (SSSR count). The van der Waals surface area contributed by atoms with Crippen molar-refractivity contribution in [2.75, 3.05) is 19.9 Å². The number of ether oxygens (including phenoxy) is 1. The lowest BCUT2D eigenvalue weighted by Gasteiger charge is -2.29. The Balaban J connectivity index is 2.56. The molecule has 7 heteroatoms. The second kappa shape index (κ2) is 6.29. The van der Waals surface area contributed by atoms with Crippen molar-refractivity contribution in [3.63, 3.8) is 0 Å². The summed E-state index contributed by atoms with van der Waals surface area (Å²) in [6.07, 6.45) is 1.84. The fraction of sp³-hybridized carbons (Fsp3) is 0.818. The maximum absolute atomic E-state index is 12.0. The van der Waals surface area contributed by atoms with Crippen molar-refractivity contribution >= 4 is 21.8 Å². The van der Waals surface area contributed by atoms with Crippen LogP contribution in [0.4, 0.5) is 0 Å². The molecule has 0 unspecified atom stereocenters. The number of esters is 1. The molecule has 0 radical (unpaired) electrons. The normalized spacial score (nSPS) is 18.1. The first kappa shape index (κ1) is 15.1. The monoisotopic (exact) mass is 277 g/mol. The van der Waals surface area contributed by atoms with Crippen molar-refractivity contribution in [1.29, 1.82) is 0 Å². The molecule has 1 saturated carbocycles. The number of ketones is 1. The van der Waals surface area contributed by atoms with Gasteiger partial charge in [-0.1, -0.05) is 0 Å². The lowest BCUT2D eigenvalue weighted by Crippen LogP contribution is -2.41. The van der Waals surface area contributed by atoms with Gasteiger partial charge in [-0.3, -0.25) is 9.59 Å². The number of nitrogens with zero attached hydrogens (tertiary/aromatic N) is 1. The van der Waals surface area contributed by atoms with Crippen LogP contribution in [0.2, 0.25) is 0 Å². The van der Waals surface area contributed by atoms with Gasteiger partial charge in [-0.05, 0) is 12.8 Å². The van der Waals surface area contributed by atoms with Gasteiger partial charge in [0, 0.05) is 25.9 Å². The Morgan fingerprint density at radius 3 is 2.44 bits per heavy atom. The Morgan fingerprint density at radius 2 is 1.94 bits per heavy atom. The topological polar surface area (TPSA) is 80.8 Å². The number of rotatable bonds is 5. The Labute approximate surface area is 107 Å². The summed E-state index contributed by atoms with van der Waals surface area (Å²) in [6, 6.07) is -0.134. The number of methoxy groups -OCH3 is 1. The van der Waals surface area contributed by atoms with E-state index in [9.17, 15) is 18.0 Å². The minimum absolute atomic E-state index is 0.134. The highest BCUT2D eigenvalue weighted by Crippen LogP contribution is 2.22. The Hall–Kier alpha value is -0.950. The predicted octanol–water partition coefficient (Wildman–Crippen LogP) is 0.323. The number of hydrogen-bond donors (Lipinski definition) is 0. The average molecular weight is 277 g/mol. The summed E-state index contributed by atoms with van der Waals surface area (Å²) < 4.78 is 29.6. The third-order valence-electron chi connectivity index (χ3n) is 3.26.